The van der Waals surface area contributed by atoms with E-state index in [9.17, 15) is 0 Å². The lowest BCUT2D eigenvalue weighted by molar-refractivity contribution is 0.312. The van der Waals surface area contributed by atoms with Crippen LogP contribution in [0.2, 0.25) is 0 Å². The first-order valence-corrected chi connectivity index (χ1v) is 8.39. The molecule has 0 aliphatic carbocycles. The van der Waals surface area contributed by atoms with Crippen molar-refractivity contribution < 1.29 is 4.74 Å². The molecule has 0 saturated heterocycles. The number of rotatable bonds is 9. The Morgan fingerprint density at radius 2 is 2.11 bits per heavy atom. The predicted octanol–water partition coefficient (Wildman–Crippen LogP) is 4.19. The van der Waals surface area contributed by atoms with Crippen LogP contribution in [0.15, 0.2) is 18.2 Å². The van der Waals surface area contributed by atoms with Crippen LogP contribution in [0.5, 0.6) is 5.75 Å². The van der Waals surface area contributed by atoms with Gasteiger partial charge in [-0.25, -0.2) is 0 Å². The quantitative estimate of drug-likeness (QED) is 0.686. The molecular weight excluding hydrogens is 254 g/mol. The first-order chi connectivity index (χ1) is 9.19. The molecule has 1 rings (SSSR count). The molecule has 2 nitrogen and oxygen atoms in total. The lowest BCUT2D eigenvalue weighted by Crippen LogP contribution is -2.18. The Kier molecular flexibility index (Phi) is 7.99. The maximum Gasteiger partial charge on any atom is 0.124 e. The molecular formula is C16H27NOS. The van der Waals surface area contributed by atoms with Gasteiger partial charge in [-0.05, 0) is 44.4 Å². The fourth-order valence-electron chi connectivity index (χ4n) is 2.04. The van der Waals surface area contributed by atoms with Crippen molar-refractivity contribution in [1.82, 2.24) is 5.32 Å². The van der Waals surface area contributed by atoms with Crippen LogP contribution in [0.3, 0.4) is 0 Å². The second-order valence-corrected chi connectivity index (χ2v) is 6.11. The standard InChI is InChI=1S/C16H27NOS/c1-5-17-14(4)15-12-13(3)8-9-16(15)18-10-7-11-19-6-2/h8-9,12,14,17H,5-7,10-11H2,1-4H3. The molecule has 0 aromatic heterocycles. The summed E-state index contributed by atoms with van der Waals surface area (Å²) in [4.78, 5) is 0. The molecule has 0 radical (unpaired) electrons. The molecule has 0 fully saturated rings. The third kappa shape index (κ3) is 5.87. The summed E-state index contributed by atoms with van der Waals surface area (Å²) in [5.74, 6) is 3.40. The zero-order valence-corrected chi connectivity index (χ0v) is 13.5. The smallest absolute Gasteiger partial charge is 0.124 e. The summed E-state index contributed by atoms with van der Waals surface area (Å²) in [6.45, 7) is 10.4. The van der Waals surface area contributed by atoms with E-state index in [-0.39, 0.29) is 0 Å². The fraction of sp³-hybridized carbons (Fsp3) is 0.625. The molecule has 1 aromatic carbocycles. The van der Waals surface area contributed by atoms with Gasteiger partial charge < -0.3 is 10.1 Å². The van der Waals surface area contributed by atoms with Gasteiger partial charge in [-0.3, -0.25) is 0 Å². The third-order valence-electron chi connectivity index (χ3n) is 3.04. The van der Waals surface area contributed by atoms with E-state index in [1.807, 2.05) is 11.8 Å². The zero-order valence-electron chi connectivity index (χ0n) is 12.7. The van der Waals surface area contributed by atoms with E-state index in [4.69, 9.17) is 4.74 Å². The highest BCUT2D eigenvalue weighted by Crippen LogP contribution is 2.26. The van der Waals surface area contributed by atoms with Gasteiger partial charge in [-0.1, -0.05) is 31.5 Å². The van der Waals surface area contributed by atoms with Crippen molar-refractivity contribution in [1.29, 1.82) is 0 Å². The van der Waals surface area contributed by atoms with E-state index < -0.39 is 0 Å². The zero-order chi connectivity index (χ0) is 14.1. The van der Waals surface area contributed by atoms with Crippen molar-refractivity contribution in [2.75, 3.05) is 24.7 Å². The van der Waals surface area contributed by atoms with Crippen LogP contribution in [-0.4, -0.2) is 24.7 Å². The van der Waals surface area contributed by atoms with Crippen molar-refractivity contribution >= 4 is 11.8 Å². The monoisotopic (exact) mass is 281 g/mol. The third-order valence-corrected chi connectivity index (χ3v) is 4.02. The summed E-state index contributed by atoms with van der Waals surface area (Å²) in [5, 5.41) is 3.46. The predicted molar refractivity (Wildman–Crippen MR) is 86.4 cm³/mol. The average Bonchev–Trinajstić information content (AvgIpc) is 2.40. The fourth-order valence-corrected chi connectivity index (χ4v) is 2.65. The number of thioether (sulfide) groups is 1. The van der Waals surface area contributed by atoms with Gasteiger partial charge in [-0.15, -0.1) is 0 Å². The Morgan fingerprint density at radius 3 is 2.79 bits per heavy atom. The van der Waals surface area contributed by atoms with E-state index in [1.165, 1.54) is 22.6 Å². The SMILES string of the molecule is CCNC(C)c1cc(C)ccc1OCCCSCC. The van der Waals surface area contributed by atoms with Gasteiger partial charge in [0.2, 0.25) is 0 Å². The van der Waals surface area contributed by atoms with Gasteiger partial charge in [0.15, 0.2) is 0 Å². The summed E-state index contributed by atoms with van der Waals surface area (Å²) in [5.41, 5.74) is 2.55. The maximum atomic E-state index is 5.95. The first-order valence-electron chi connectivity index (χ1n) is 7.23. The van der Waals surface area contributed by atoms with E-state index in [0.29, 0.717) is 6.04 Å². The van der Waals surface area contributed by atoms with Crippen LogP contribution < -0.4 is 10.1 Å². The Bertz CT molecular complexity index is 368. The topological polar surface area (TPSA) is 21.3 Å². The Balaban J connectivity index is 2.60. The Morgan fingerprint density at radius 1 is 1.32 bits per heavy atom. The normalized spacial score (nSPS) is 12.4. The second kappa shape index (κ2) is 9.27. The maximum absolute atomic E-state index is 5.95. The summed E-state index contributed by atoms with van der Waals surface area (Å²) < 4.78 is 5.95. The van der Waals surface area contributed by atoms with Crippen molar-refractivity contribution in [3.63, 3.8) is 0 Å². The van der Waals surface area contributed by atoms with Crippen LogP contribution in [0.4, 0.5) is 0 Å². The molecule has 0 saturated carbocycles. The number of hydrogen-bond acceptors (Lipinski definition) is 3. The number of ether oxygens (including phenoxy) is 1. The summed E-state index contributed by atoms with van der Waals surface area (Å²) in [6.07, 6.45) is 1.11. The summed E-state index contributed by atoms with van der Waals surface area (Å²) in [6, 6.07) is 6.79. The van der Waals surface area contributed by atoms with Gasteiger partial charge >= 0.3 is 0 Å². The molecule has 0 spiro atoms. The minimum absolute atomic E-state index is 0.338. The highest BCUT2D eigenvalue weighted by Gasteiger charge is 2.11. The number of hydrogen-bond donors (Lipinski definition) is 1. The van der Waals surface area contributed by atoms with Crippen LogP contribution in [0, 0.1) is 6.92 Å². The van der Waals surface area contributed by atoms with Crippen molar-refractivity contribution in [2.45, 2.75) is 40.2 Å². The molecule has 0 aliphatic heterocycles. The van der Waals surface area contributed by atoms with Gasteiger partial charge in [-0.2, -0.15) is 11.8 Å². The Hall–Kier alpha value is -0.670. The highest BCUT2D eigenvalue weighted by molar-refractivity contribution is 7.99. The molecule has 3 heteroatoms. The van der Waals surface area contributed by atoms with Gasteiger partial charge in [0.1, 0.15) is 5.75 Å². The van der Waals surface area contributed by atoms with E-state index in [2.05, 4.69) is 51.2 Å². The molecule has 1 N–H and O–H groups in total. The van der Waals surface area contributed by atoms with Crippen LogP contribution in [0.25, 0.3) is 0 Å². The number of aryl methyl sites for hydroxylation is 1. The van der Waals surface area contributed by atoms with Crippen LogP contribution in [0.1, 0.15) is 44.4 Å². The molecule has 1 atom stereocenters. The molecule has 19 heavy (non-hydrogen) atoms. The first kappa shape index (κ1) is 16.4. The van der Waals surface area contributed by atoms with E-state index in [0.717, 1.165) is 25.3 Å². The van der Waals surface area contributed by atoms with Gasteiger partial charge in [0.25, 0.3) is 0 Å². The van der Waals surface area contributed by atoms with Gasteiger partial charge in [0.05, 0.1) is 6.61 Å². The minimum atomic E-state index is 0.338. The molecule has 108 valence electrons. The van der Waals surface area contributed by atoms with Crippen molar-refractivity contribution in [3.05, 3.63) is 29.3 Å². The molecule has 1 unspecified atom stereocenters. The largest absolute Gasteiger partial charge is 0.493 e. The summed E-state index contributed by atoms with van der Waals surface area (Å²) in [7, 11) is 0. The van der Waals surface area contributed by atoms with Crippen molar-refractivity contribution in [3.8, 4) is 5.75 Å². The summed E-state index contributed by atoms with van der Waals surface area (Å²) >= 11 is 1.97. The lowest BCUT2D eigenvalue weighted by atomic mass is 10.0. The number of nitrogens with one attached hydrogen (secondary N) is 1. The molecule has 0 heterocycles. The number of benzene rings is 1. The lowest BCUT2D eigenvalue weighted by Gasteiger charge is -2.18. The van der Waals surface area contributed by atoms with E-state index >= 15 is 0 Å². The molecule has 1 aromatic rings. The molecule has 0 amide bonds. The molecule has 0 bridgehead atoms. The van der Waals surface area contributed by atoms with Crippen LogP contribution >= 0.6 is 11.8 Å². The minimum Gasteiger partial charge on any atom is -0.493 e. The Labute approximate surface area is 122 Å². The van der Waals surface area contributed by atoms with E-state index in [1.54, 1.807) is 0 Å². The van der Waals surface area contributed by atoms with Crippen molar-refractivity contribution in [2.24, 2.45) is 0 Å². The van der Waals surface area contributed by atoms with Crippen LogP contribution in [-0.2, 0) is 0 Å². The molecule has 0 aliphatic rings. The second-order valence-electron chi connectivity index (χ2n) is 4.72. The highest BCUT2D eigenvalue weighted by atomic mass is 32.2. The average molecular weight is 281 g/mol. The van der Waals surface area contributed by atoms with Gasteiger partial charge in [0, 0.05) is 11.6 Å².